The van der Waals surface area contributed by atoms with Gasteiger partial charge < -0.3 is 4.74 Å². The average Bonchev–Trinajstić information content (AvgIpc) is 2.65. The van der Waals surface area contributed by atoms with E-state index in [9.17, 15) is 0 Å². The summed E-state index contributed by atoms with van der Waals surface area (Å²) in [5, 5.41) is 0. The maximum Gasteiger partial charge on any atom is 0.118 e. The Hall–Kier alpha value is -1.06. The summed E-state index contributed by atoms with van der Waals surface area (Å²) in [6.45, 7) is 3.26. The van der Waals surface area contributed by atoms with Crippen molar-refractivity contribution in [2.75, 3.05) is 13.7 Å². The number of benzene rings is 1. The number of nitrogens with one attached hydrogen (secondary N) is 2. The third kappa shape index (κ3) is 1.74. The number of ether oxygens (including phenoxy) is 1. The van der Waals surface area contributed by atoms with Gasteiger partial charge in [-0.2, -0.15) is 0 Å². The maximum atomic E-state index is 5.12. The summed E-state index contributed by atoms with van der Waals surface area (Å²) >= 11 is 0. The van der Waals surface area contributed by atoms with E-state index < -0.39 is 0 Å². The maximum absolute atomic E-state index is 5.12. The predicted molar refractivity (Wildman–Crippen MR) is 56.0 cm³/mol. The standard InChI is InChI=1S/C11H16N2O/c1-8-7-12-13-11(8)9-3-5-10(14-2)6-4-9/h3-6,8,11-13H,7H2,1-2H3. The Labute approximate surface area is 84.4 Å². The molecule has 0 spiro atoms. The average molecular weight is 192 g/mol. The largest absolute Gasteiger partial charge is 0.497 e. The van der Waals surface area contributed by atoms with Crippen LogP contribution in [-0.2, 0) is 0 Å². The van der Waals surface area contributed by atoms with E-state index in [2.05, 4.69) is 29.9 Å². The molecule has 1 aliphatic rings. The summed E-state index contributed by atoms with van der Waals surface area (Å²) in [4.78, 5) is 0. The fourth-order valence-electron chi connectivity index (χ4n) is 1.81. The molecule has 2 unspecified atom stereocenters. The van der Waals surface area contributed by atoms with Gasteiger partial charge in [-0.15, -0.1) is 0 Å². The van der Waals surface area contributed by atoms with E-state index in [0.29, 0.717) is 12.0 Å². The summed E-state index contributed by atoms with van der Waals surface area (Å²) < 4.78 is 5.12. The Morgan fingerprint density at radius 3 is 2.50 bits per heavy atom. The van der Waals surface area contributed by atoms with E-state index in [4.69, 9.17) is 4.74 Å². The van der Waals surface area contributed by atoms with Gasteiger partial charge in [0.05, 0.1) is 13.2 Å². The lowest BCUT2D eigenvalue weighted by molar-refractivity contribution is 0.414. The van der Waals surface area contributed by atoms with Crippen molar-refractivity contribution >= 4 is 0 Å². The van der Waals surface area contributed by atoms with Crippen LogP contribution >= 0.6 is 0 Å². The third-order valence-corrected chi connectivity index (χ3v) is 2.73. The molecular weight excluding hydrogens is 176 g/mol. The minimum absolute atomic E-state index is 0.418. The lowest BCUT2D eigenvalue weighted by Gasteiger charge is -2.14. The molecule has 0 bridgehead atoms. The molecule has 1 heterocycles. The van der Waals surface area contributed by atoms with Crippen molar-refractivity contribution < 1.29 is 4.74 Å². The van der Waals surface area contributed by atoms with Gasteiger partial charge in [0.1, 0.15) is 5.75 Å². The highest BCUT2D eigenvalue weighted by atomic mass is 16.5. The summed E-state index contributed by atoms with van der Waals surface area (Å²) in [6.07, 6.45) is 0. The fraction of sp³-hybridized carbons (Fsp3) is 0.455. The normalized spacial score (nSPS) is 26.4. The van der Waals surface area contributed by atoms with E-state index in [1.807, 2.05) is 12.1 Å². The molecule has 0 amide bonds. The smallest absolute Gasteiger partial charge is 0.118 e. The topological polar surface area (TPSA) is 33.3 Å². The molecule has 76 valence electrons. The van der Waals surface area contributed by atoms with Gasteiger partial charge in [-0.05, 0) is 23.6 Å². The molecule has 3 nitrogen and oxygen atoms in total. The molecule has 0 aliphatic carbocycles. The summed E-state index contributed by atoms with van der Waals surface area (Å²) in [5.41, 5.74) is 7.75. The van der Waals surface area contributed by atoms with Crippen molar-refractivity contribution in [2.45, 2.75) is 13.0 Å². The molecule has 1 fully saturated rings. The van der Waals surface area contributed by atoms with Crippen LogP contribution in [0.2, 0.25) is 0 Å². The third-order valence-electron chi connectivity index (χ3n) is 2.73. The first-order valence-electron chi connectivity index (χ1n) is 4.93. The second kappa shape index (κ2) is 3.98. The van der Waals surface area contributed by atoms with Gasteiger partial charge in [0.2, 0.25) is 0 Å². The first-order valence-corrected chi connectivity index (χ1v) is 4.93. The predicted octanol–water partition coefficient (Wildman–Crippen LogP) is 1.48. The van der Waals surface area contributed by atoms with Gasteiger partial charge in [-0.3, -0.25) is 10.9 Å². The van der Waals surface area contributed by atoms with Crippen molar-refractivity contribution in [3.05, 3.63) is 29.8 Å². The molecule has 1 saturated heterocycles. The van der Waals surface area contributed by atoms with Crippen molar-refractivity contribution in [1.82, 2.24) is 10.9 Å². The monoisotopic (exact) mass is 192 g/mol. The number of rotatable bonds is 2. The van der Waals surface area contributed by atoms with Gasteiger partial charge in [-0.25, -0.2) is 0 Å². The lowest BCUT2D eigenvalue weighted by Crippen LogP contribution is -2.24. The van der Waals surface area contributed by atoms with Crippen LogP contribution in [0.15, 0.2) is 24.3 Å². The van der Waals surface area contributed by atoms with E-state index in [1.54, 1.807) is 7.11 Å². The summed E-state index contributed by atoms with van der Waals surface area (Å²) in [7, 11) is 1.69. The number of hydrazine groups is 1. The van der Waals surface area contributed by atoms with E-state index in [1.165, 1.54) is 5.56 Å². The molecule has 14 heavy (non-hydrogen) atoms. The quantitative estimate of drug-likeness (QED) is 0.744. The zero-order valence-corrected chi connectivity index (χ0v) is 8.58. The Bertz CT molecular complexity index is 297. The first kappa shape index (κ1) is 9.49. The highest BCUT2D eigenvalue weighted by Crippen LogP contribution is 2.25. The second-order valence-electron chi connectivity index (χ2n) is 3.75. The van der Waals surface area contributed by atoms with Crippen LogP contribution in [0.1, 0.15) is 18.5 Å². The second-order valence-corrected chi connectivity index (χ2v) is 3.75. The Morgan fingerprint density at radius 2 is 2.00 bits per heavy atom. The zero-order chi connectivity index (χ0) is 9.97. The Balaban J connectivity index is 2.16. The molecule has 0 aromatic heterocycles. The minimum Gasteiger partial charge on any atom is -0.497 e. The van der Waals surface area contributed by atoms with Crippen LogP contribution in [0.5, 0.6) is 5.75 Å². The van der Waals surface area contributed by atoms with Crippen molar-refractivity contribution in [3.63, 3.8) is 0 Å². The highest BCUT2D eigenvalue weighted by molar-refractivity contribution is 5.29. The molecule has 3 heteroatoms. The van der Waals surface area contributed by atoms with Crippen LogP contribution in [0.4, 0.5) is 0 Å². The molecule has 2 rings (SSSR count). The lowest BCUT2D eigenvalue weighted by atomic mass is 9.97. The Kier molecular flexibility index (Phi) is 2.70. The highest BCUT2D eigenvalue weighted by Gasteiger charge is 2.23. The van der Waals surface area contributed by atoms with Crippen LogP contribution in [0.25, 0.3) is 0 Å². The van der Waals surface area contributed by atoms with Gasteiger partial charge in [-0.1, -0.05) is 19.1 Å². The molecule has 0 saturated carbocycles. The van der Waals surface area contributed by atoms with Crippen LogP contribution in [-0.4, -0.2) is 13.7 Å². The molecule has 1 aromatic rings. The SMILES string of the molecule is COc1ccc(C2NNCC2C)cc1. The summed E-state index contributed by atoms with van der Waals surface area (Å²) in [5.74, 6) is 1.54. The van der Waals surface area contributed by atoms with Crippen LogP contribution < -0.4 is 15.6 Å². The van der Waals surface area contributed by atoms with Crippen LogP contribution in [0, 0.1) is 5.92 Å². The molecule has 0 radical (unpaired) electrons. The number of methoxy groups -OCH3 is 1. The molecule has 2 N–H and O–H groups in total. The Morgan fingerprint density at radius 1 is 1.29 bits per heavy atom. The van der Waals surface area contributed by atoms with Crippen LogP contribution in [0.3, 0.4) is 0 Å². The van der Waals surface area contributed by atoms with Gasteiger partial charge in [0, 0.05) is 6.54 Å². The number of hydrogen-bond donors (Lipinski definition) is 2. The first-order chi connectivity index (χ1) is 6.81. The van der Waals surface area contributed by atoms with Crippen molar-refractivity contribution in [2.24, 2.45) is 5.92 Å². The summed E-state index contributed by atoms with van der Waals surface area (Å²) in [6, 6.07) is 8.64. The number of hydrogen-bond acceptors (Lipinski definition) is 3. The van der Waals surface area contributed by atoms with Crippen molar-refractivity contribution in [1.29, 1.82) is 0 Å². The van der Waals surface area contributed by atoms with Gasteiger partial charge in [0.25, 0.3) is 0 Å². The van der Waals surface area contributed by atoms with E-state index in [-0.39, 0.29) is 0 Å². The fourth-order valence-corrected chi connectivity index (χ4v) is 1.81. The van der Waals surface area contributed by atoms with E-state index in [0.717, 1.165) is 12.3 Å². The molecule has 1 aliphatic heterocycles. The minimum atomic E-state index is 0.418. The molecule has 2 atom stereocenters. The van der Waals surface area contributed by atoms with Crippen molar-refractivity contribution in [3.8, 4) is 5.75 Å². The zero-order valence-electron chi connectivity index (χ0n) is 8.58. The molecular formula is C11H16N2O. The van der Waals surface area contributed by atoms with Gasteiger partial charge in [0.15, 0.2) is 0 Å². The van der Waals surface area contributed by atoms with E-state index >= 15 is 0 Å². The molecule has 1 aromatic carbocycles. The van der Waals surface area contributed by atoms with Gasteiger partial charge >= 0.3 is 0 Å².